The molecule has 0 saturated carbocycles. The molecule has 1 aliphatic heterocycles. The van der Waals surface area contributed by atoms with Gasteiger partial charge >= 0.3 is 0 Å². The lowest BCUT2D eigenvalue weighted by Crippen LogP contribution is -2.23. The van der Waals surface area contributed by atoms with Crippen LogP contribution in [0.15, 0.2) is 36.2 Å². The first-order valence-corrected chi connectivity index (χ1v) is 8.90. The molecule has 134 valence electrons. The summed E-state index contributed by atoms with van der Waals surface area (Å²) in [7, 11) is 0. The third kappa shape index (κ3) is 7.34. The minimum atomic E-state index is -0.0495. The van der Waals surface area contributed by atoms with E-state index in [9.17, 15) is 0 Å². The molecule has 1 atom stereocenters. The molecule has 1 saturated heterocycles. The minimum Gasteiger partial charge on any atom is -0.401 e. The molecule has 0 amide bonds. The summed E-state index contributed by atoms with van der Waals surface area (Å²) in [5, 5.41) is 6.64. The van der Waals surface area contributed by atoms with E-state index < -0.39 is 0 Å². The van der Waals surface area contributed by atoms with E-state index in [1.54, 1.807) is 0 Å². The Morgan fingerprint density at radius 3 is 2.79 bits per heavy atom. The number of hydrogen-bond donors (Lipinski definition) is 3. The fraction of sp³-hybridized carbons (Fsp3) is 0.579. The molecule has 4 N–H and O–H groups in total. The van der Waals surface area contributed by atoms with E-state index in [4.69, 9.17) is 15.2 Å². The van der Waals surface area contributed by atoms with E-state index in [2.05, 4.69) is 48.7 Å². The standard InChI is InChI=1S/C19H31N3O2/c1-15(2)21-13-16-6-8-18(9-7-16)22-14-17(20)10-12-24-19-5-3-4-11-23-19/h6-9,14-15,19,21-22H,3-5,10-13,20H2,1-2H3/b17-14-. The van der Waals surface area contributed by atoms with Crippen molar-refractivity contribution in [1.29, 1.82) is 0 Å². The summed E-state index contributed by atoms with van der Waals surface area (Å²) in [4.78, 5) is 0. The Morgan fingerprint density at radius 1 is 1.33 bits per heavy atom. The average Bonchev–Trinajstić information content (AvgIpc) is 2.60. The summed E-state index contributed by atoms with van der Waals surface area (Å²) in [6.07, 6.45) is 5.79. The molecule has 0 bridgehead atoms. The second-order valence-electron chi connectivity index (χ2n) is 6.51. The third-order valence-electron chi connectivity index (χ3n) is 3.92. The molecule has 0 aliphatic carbocycles. The number of nitrogens with one attached hydrogen (secondary N) is 2. The summed E-state index contributed by atoms with van der Waals surface area (Å²) in [6.45, 7) is 6.58. The van der Waals surface area contributed by atoms with Gasteiger partial charge in [0.15, 0.2) is 6.29 Å². The van der Waals surface area contributed by atoms with E-state index in [-0.39, 0.29) is 6.29 Å². The van der Waals surface area contributed by atoms with Crippen molar-refractivity contribution < 1.29 is 9.47 Å². The Labute approximate surface area is 145 Å². The Kier molecular flexibility index (Phi) is 8.08. The normalized spacial score (nSPS) is 18.8. The quantitative estimate of drug-likeness (QED) is 0.647. The first-order valence-electron chi connectivity index (χ1n) is 8.90. The van der Waals surface area contributed by atoms with Crippen LogP contribution in [0.3, 0.4) is 0 Å². The highest BCUT2D eigenvalue weighted by atomic mass is 16.7. The molecule has 1 unspecified atom stereocenters. The molecule has 0 radical (unpaired) electrons. The fourth-order valence-corrected chi connectivity index (χ4v) is 2.44. The molecule has 0 aromatic heterocycles. The second kappa shape index (κ2) is 10.3. The van der Waals surface area contributed by atoms with Crippen LogP contribution in [0.4, 0.5) is 5.69 Å². The van der Waals surface area contributed by atoms with Gasteiger partial charge in [-0.2, -0.15) is 0 Å². The number of anilines is 1. The van der Waals surface area contributed by atoms with Gasteiger partial charge in [-0.15, -0.1) is 0 Å². The van der Waals surface area contributed by atoms with Crippen LogP contribution < -0.4 is 16.4 Å². The zero-order chi connectivity index (χ0) is 17.2. The van der Waals surface area contributed by atoms with Crippen molar-refractivity contribution in [2.45, 2.75) is 58.4 Å². The van der Waals surface area contributed by atoms with E-state index in [1.165, 1.54) is 12.0 Å². The van der Waals surface area contributed by atoms with Crippen molar-refractivity contribution in [3.63, 3.8) is 0 Å². The van der Waals surface area contributed by atoms with E-state index in [0.717, 1.165) is 37.4 Å². The molecule has 1 aromatic carbocycles. The lowest BCUT2D eigenvalue weighted by Gasteiger charge is -2.22. The average molecular weight is 333 g/mol. The second-order valence-corrected chi connectivity index (χ2v) is 6.51. The van der Waals surface area contributed by atoms with Crippen LogP contribution in [-0.2, 0) is 16.0 Å². The Hall–Kier alpha value is -1.56. The van der Waals surface area contributed by atoms with Gasteiger partial charge in [0.25, 0.3) is 0 Å². The largest absolute Gasteiger partial charge is 0.401 e. The summed E-state index contributed by atoms with van der Waals surface area (Å²) >= 11 is 0. The molecular weight excluding hydrogens is 302 g/mol. The van der Waals surface area contributed by atoms with Crippen molar-refractivity contribution in [3.05, 3.63) is 41.7 Å². The van der Waals surface area contributed by atoms with E-state index >= 15 is 0 Å². The Balaban J connectivity index is 1.67. The molecule has 1 heterocycles. The first-order chi connectivity index (χ1) is 11.6. The fourth-order valence-electron chi connectivity index (χ4n) is 2.44. The first kappa shape index (κ1) is 18.8. The van der Waals surface area contributed by atoms with Gasteiger partial charge in [-0.05, 0) is 37.0 Å². The van der Waals surface area contributed by atoms with Crippen molar-refractivity contribution >= 4 is 5.69 Å². The van der Waals surface area contributed by atoms with Crippen molar-refractivity contribution in [3.8, 4) is 0 Å². The Bertz CT molecular complexity index is 494. The van der Waals surface area contributed by atoms with Crippen LogP contribution >= 0.6 is 0 Å². The van der Waals surface area contributed by atoms with Crippen LogP contribution in [0.1, 0.15) is 45.1 Å². The number of hydrogen-bond acceptors (Lipinski definition) is 5. The maximum absolute atomic E-state index is 6.02. The van der Waals surface area contributed by atoms with Gasteiger partial charge in [-0.1, -0.05) is 26.0 Å². The lowest BCUT2D eigenvalue weighted by molar-refractivity contribution is -0.161. The van der Waals surface area contributed by atoms with Crippen LogP contribution in [0.5, 0.6) is 0 Å². The van der Waals surface area contributed by atoms with E-state index in [0.29, 0.717) is 19.1 Å². The molecule has 2 rings (SSSR count). The molecule has 0 spiro atoms. The highest BCUT2D eigenvalue weighted by Gasteiger charge is 2.13. The topological polar surface area (TPSA) is 68.5 Å². The van der Waals surface area contributed by atoms with Crippen LogP contribution in [0, 0.1) is 0 Å². The minimum absolute atomic E-state index is 0.0495. The Morgan fingerprint density at radius 2 is 2.12 bits per heavy atom. The van der Waals surface area contributed by atoms with Crippen LogP contribution in [-0.4, -0.2) is 25.5 Å². The van der Waals surface area contributed by atoms with E-state index in [1.807, 2.05) is 6.20 Å². The smallest absolute Gasteiger partial charge is 0.157 e. The number of benzene rings is 1. The third-order valence-corrected chi connectivity index (χ3v) is 3.92. The van der Waals surface area contributed by atoms with Crippen molar-refractivity contribution in [2.75, 3.05) is 18.5 Å². The molecule has 5 heteroatoms. The SMILES string of the molecule is CC(C)NCc1ccc(N/C=C(\N)CCOC2CCCCO2)cc1. The number of ether oxygens (including phenoxy) is 2. The van der Waals surface area contributed by atoms with Gasteiger partial charge in [-0.25, -0.2) is 0 Å². The van der Waals surface area contributed by atoms with Gasteiger partial charge in [-0.3, -0.25) is 0 Å². The summed E-state index contributed by atoms with van der Waals surface area (Å²) in [6, 6.07) is 8.85. The van der Waals surface area contributed by atoms with Gasteiger partial charge in [0, 0.05) is 43.2 Å². The highest BCUT2D eigenvalue weighted by molar-refractivity contribution is 5.47. The van der Waals surface area contributed by atoms with Crippen molar-refractivity contribution in [1.82, 2.24) is 5.32 Å². The van der Waals surface area contributed by atoms with Gasteiger partial charge in [0.05, 0.1) is 6.61 Å². The molecule has 1 fully saturated rings. The summed E-state index contributed by atoms with van der Waals surface area (Å²) in [5.41, 5.74) is 9.09. The maximum atomic E-state index is 6.02. The zero-order valence-corrected chi connectivity index (χ0v) is 14.9. The summed E-state index contributed by atoms with van der Waals surface area (Å²) in [5.74, 6) is 0. The maximum Gasteiger partial charge on any atom is 0.157 e. The van der Waals surface area contributed by atoms with Gasteiger partial charge in [0.2, 0.25) is 0 Å². The highest BCUT2D eigenvalue weighted by Crippen LogP contribution is 2.14. The molecule has 1 aromatic rings. The number of rotatable bonds is 9. The number of nitrogens with two attached hydrogens (primary N) is 1. The lowest BCUT2D eigenvalue weighted by atomic mass is 10.2. The predicted octanol–water partition coefficient (Wildman–Crippen LogP) is 3.33. The van der Waals surface area contributed by atoms with Crippen LogP contribution in [0.25, 0.3) is 0 Å². The molecule has 24 heavy (non-hydrogen) atoms. The molecule has 1 aliphatic rings. The van der Waals surface area contributed by atoms with Crippen LogP contribution in [0.2, 0.25) is 0 Å². The monoisotopic (exact) mass is 333 g/mol. The van der Waals surface area contributed by atoms with Crippen molar-refractivity contribution in [2.24, 2.45) is 5.73 Å². The molecular formula is C19H31N3O2. The zero-order valence-electron chi connectivity index (χ0n) is 14.9. The predicted molar refractivity (Wildman–Crippen MR) is 98.5 cm³/mol. The summed E-state index contributed by atoms with van der Waals surface area (Å²) < 4.78 is 11.2. The van der Waals surface area contributed by atoms with Gasteiger partial charge < -0.3 is 25.8 Å². The van der Waals surface area contributed by atoms with Gasteiger partial charge in [0.1, 0.15) is 0 Å². The molecule has 5 nitrogen and oxygen atoms in total.